The molecule has 0 saturated carbocycles. The summed E-state index contributed by atoms with van der Waals surface area (Å²) in [5.41, 5.74) is 3.48. The molecule has 0 spiro atoms. The van der Waals surface area contributed by atoms with Gasteiger partial charge in [0.2, 0.25) is 0 Å². The van der Waals surface area contributed by atoms with Crippen LogP contribution in [-0.2, 0) is 16.0 Å². The summed E-state index contributed by atoms with van der Waals surface area (Å²) in [5, 5.41) is 0. The van der Waals surface area contributed by atoms with Crippen molar-refractivity contribution in [2.75, 3.05) is 19.1 Å². The SMILES string of the molecule is COC(=O)C(Cc1cncnc1N(c1ccccc1)c1ccccc1)c1ccccc1OC. The van der Waals surface area contributed by atoms with Crippen molar-refractivity contribution in [1.29, 1.82) is 0 Å². The number of methoxy groups -OCH3 is 2. The van der Waals surface area contributed by atoms with Gasteiger partial charge in [0, 0.05) is 28.7 Å². The summed E-state index contributed by atoms with van der Waals surface area (Å²) in [6, 6.07) is 27.5. The van der Waals surface area contributed by atoms with Crippen LogP contribution in [0.15, 0.2) is 97.5 Å². The van der Waals surface area contributed by atoms with E-state index in [4.69, 9.17) is 9.47 Å². The molecule has 0 amide bonds. The topological polar surface area (TPSA) is 64.5 Å². The molecule has 0 fully saturated rings. The van der Waals surface area contributed by atoms with Crippen LogP contribution in [0.1, 0.15) is 17.0 Å². The first-order valence-electron chi connectivity index (χ1n) is 10.6. The Bertz CT molecular complexity index is 1160. The highest BCUT2D eigenvalue weighted by molar-refractivity contribution is 5.81. The van der Waals surface area contributed by atoms with E-state index in [0.717, 1.165) is 22.5 Å². The van der Waals surface area contributed by atoms with Gasteiger partial charge < -0.3 is 9.47 Å². The van der Waals surface area contributed by atoms with Crippen LogP contribution in [0.25, 0.3) is 0 Å². The van der Waals surface area contributed by atoms with E-state index in [1.165, 1.54) is 13.4 Å². The number of anilines is 3. The van der Waals surface area contributed by atoms with E-state index < -0.39 is 5.92 Å². The first-order valence-corrected chi connectivity index (χ1v) is 10.6. The second-order valence-electron chi connectivity index (χ2n) is 7.40. The molecule has 0 N–H and O–H groups in total. The lowest BCUT2D eigenvalue weighted by atomic mass is 9.91. The Labute approximate surface area is 193 Å². The van der Waals surface area contributed by atoms with E-state index in [2.05, 4.69) is 14.9 Å². The van der Waals surface area contributed by atoms with E-state index in [1.54, 1.807) is 13.3 Å². The summed E-state index contributed by atoms with van der Waals surface area (Å²) in [6.07, 6.45) is 3.62. The molecular formula is C27H25N3O3. The lowest BCUT2D eigenvalue weighted by molar-refractivity contribution is -0.142. The first-order chi connectivity index (χ1) is 16.2. The number of carbonyl (C=O) groups excluding carboxylic acids is 1. The van der Waals surface area contributed by atoms with Crippen LogP contribution in [0, 0.1) is 0 Å². The maximum absolute atomic E-state index is 12.9. The second-order valence-corrected chi connectivity index (χ2v) is 7.40. The molecule has 166 valence electrons. The summed E-state index contributed by atoms with van der Waals surface area (Å²) in [7, 11) is 2.99. The number of hydrogen-bond donors (Lipinski definition) is 0. The fraction of sp³-hybridized carbons (Fsp3) is 0.148. The highest BCUT2D eigenvalue weighted by Crippen LogP contribution is 2.37. The molecule has 0 aliphatic carbocycles. The third-order valence-electron chi connectivity index (χ3n) is 5.43. The molecule has 6 nitrogen and oxygen atoms in total. The number of para-hydroxylation sites is 3. The maximum Gasteiger partial charge on any atom is 0.313 e. The van der Waals surface area contributed by atoms with Crippen LogP contribution in [-0.4, -0.2) is 30.2 Å². The van der Waals surface area contributed by atoms with E-state index >= 15 is 0 Å². The minimum absolute atomic E-state index is 0.347. The third-order valence-corrected chi connectivity index (χ3v) is 5.43. The van der Waals surface area contributed by atoms with Crippen LogP contribution >= 0.6 is 0 Å². The van der Waals surface area contributed by atoms with Crippen molar-refractivity contribution in [3.8, 4) is 5.75 Å². The van der Waals surface area contributed by atoms with Gasteiger partial charge in [0.1, 0.15) is 17.9 Å². The van der Waals surface area contributed by atoms with Crippen molar-refractivity contribution in [3.63, 3.8) is 0 Å². The molecule has 0 aliphatic rings. The number of esters is 1. The molecular weight excluding hydrogens is 414 g/mol. The predicted molar refractivity (Wildman–Crippen MR) is 128 cm³/mol. The molecule has 1 heterocycles. The zero-order chi connectivity index (χ0) is 23.0. The van der Waals surface area contributed by atoms with E-state index in [-0.39, 0.29) is 5.97 Å². The van der Waals surface area contributed by atoms with E-state index in [0.29, 0.717) is 18.0 Å². The molecule has 0 aliphatic heterocycles. The summed E-state index contributed by atoms with van der Waals surface area (Å²) in [5.74, 6) is 0.407. The number of aromatic nitrogens is 2. The molecule has 4 aromatic rings. The van der Waals surface area contributed by atoms with Gasteiger partial charge in [-0.1, -0.05) is 54.6 Å². The number of carbonyl (C=O) groups is 1. The number of nitrogens with zero attached hydrogens (tertiary/aromatic N) is 3. The van der Waals surface area contributed by atoms with Crippen molar-refractivity contribution >= 4 is 23.2 Å². The molecule has 0 saturated heterocycles. The fourth-order valence-corrected chi connectivity index (χ4v) is 3.88. The Morgan fingerprint density at radius 2 is 1.48 bits per heavy atom. The molecule has 4 rings (SSSR count). The molecule has 0 bridgehead atoms. The van der Waals surface area contributed by atoms with Crippen LogP contribution in [0.5, 0.6) is 5.75 Å². The molecule has 33 heavy (non-hydrogen) atoms. The summed E-state index contributed by atoms with van der Waals surface area (Å²) >= 11 is 0. The Hall–Kier alpha value is -4.19. The van der Waals surface area contributed by atoms with Crippen LogP contribution < -0.4 is 9.64 Å². The van der Waals surface area contributed by atoms with E-state index in [9.17, 15) is 4.79 Å². The quantitative estimate of drug-likeness (QED) is 0.340. The Morgan fingerprint density at radius 3 is 2.09 bits per heavy atom. The van der Waals surface area contributed by atoms with Gasteiger partial charge in [-0.15, -0.1) is 0 Å². The summed E-state index contributed by atoms with van der Waals surface area (Å²) in [4.78, 5) is 23.8. The number of hydrogen-bond acceptors (Lipinski definition) is 6. The zero-order valence-electron chi connectivity index (χ0n) is 18.6. The molecule has 1 unspecified atom stereocenters. The number of benzene rings is 3. The van der Waals surface area contributed by atoms with Crippen LogP contribution in [0.3, 0.4) is 0 Å². The summed E-state index contributed by atoms with van der Waals surface area (Å²) < 4.78 is 10.7. The lowest BCUT2D eigenvalue weighted by Crippen LogP contribution is -2.20. The Balaban J connectivity index is 1.82. The average molecular weight is 440 g/mol. The normalized spacial score (nSPS) is 11.5. The molecule has 1 aromatic heterocycles. The van der Waals surface area contributed by atoms with Crippen molar-refractivity contribution in [1.82, 2.24) is 9.97 Å². The smallest absolute Gasteiger partial charge is 0.313 e. The van der Waals surface area contributed by atoms with Gasteiger partial charge in [-0.25, -0.2) is 9.97 Å². The highest BCUT2D eigenvalue weighted by atomic mass is 16.5. The largest absolute Gasteiger partial charge is 0.496 e. The van der Waals surface area contributed by atoms with Crippen molar-refractivity contribution in [2.45, 2.75) is 12.3 Å². The average Bonchev–Trinajstić information content (AvgIpc) is 2.89. The highest BCUT2D eigenvalue weighted by Gasteiger charge is 2.28. The molecule has 3 aromatic carbocycles. The van der Waals surface area contributed by atoms with Crippen molar-refractivity contribution < 1.29 is 14.3 Å². The van der Waals surface area contributed by atoms with Gasteiger partial charge in [-0.3, -0.25) is 9.69 Å². The lowest BCUT2D eigenvalue weighted by Gasteiger charge is -2.27. The van der Waals surface area contributed by atoms with Crippen molar-refractivity contribution in [2.24, 2.45) is 0 Å². The van der Waals surface area contributed by atoms with Gasteiger partial charge in [0.15, 0.2) is 0 Å². The number of ether oxygens (including phenoxy) is 2. The Morgan fingerprint density at radius 1 is 0.879 bits per heavy atom. The van der Waals surface area contributed by atoms with Gasteiger partial charge in [0.05, 0.1) is 20.1 Å². The van der Waals surface area contributed by atoms with Crippen molar-refractivity contribution in [3.05, 3.63) is 109 Å². The monoisotopic (exact) mass is 439 g/mol. The first kappa shape index (κ1) is 22.0. The number of rotatable bonds is 8. The second kappa shape index (κ2) is 10.4. The third kappa shape index (κ3) is 4.85. The summed E-state index contributed by atoms with van der Waals surface area (Å²) in [6.45, 7) is 0. The van der Waals surface area contributed by atoms with E-state index in [1.807, 2.05) is 84.9 Å². The molecule has 6 heteroatoms. The zero-order valence-corrected chi connectivity index (χ0v) is 18.6. The maximum atomic E-state index is 12.9. The molecule has 0 radical (unpaired) electrons. The van der Waals surface area contributed by atoms with Gasteiger partial charge >= 0.3 is 5.97 Å². The van der Waals surface area contributed by atoms with Gasteiger partial charge in [0.25, 0.3) is 0 Å². The predicted octanol–water partition coefficient (Wildman–Crippen LogP) is 5.45. The molecule has 1 atom stereocenters. The van der Waals surface area contributed by atoms with Gasteiger partial charge in [-0.2, -0.15) is 0 Å². The van der Waals surface area contributed by atoms with Gasteiger partial charge in [-0.05, 0) is 36.8 Å². The minimum atomic E-state index is -0.579. The van der Waals surface area contributed by atoms with Crippen LogP contribution in [0.2, 0.25) is 0 Å². The minimum Gasteiger partial charge on any atom is -0.496 e. The standard InChI is InChI=1S/C27H25N3O3/c1-32-25-16-10-9-15-23(25)24(27(31)33-2)17-20-18-28-19-29-26(20)30(21-11-5-3-6-12-21)22-13-7-4-8-14-22/h3-16,18-19,24H,17H2,1-2H3. The van der Waals surface area contributed by atoms with Crippen LogP contribution in [0.4, 0.5) is 17.2 Å². The fourth-order valence-electron chi connectivity index (χ4n) is 3.88. The Kier molecular flexibility index (Phi) is 6.95.